The van der Waals surface area contributed by atoms with Gasteiger partial charge in [-0.2, -0.15) is 9.50 Å². The summed E-state index contributed by atoms with van der Waals surface area (Å²) in [7, 11) is 1.60. The van der Waals surface area contributed by atoms with E-state index in [1.165, 1.54) is 15.9 Å². The van der Waals surface area contributed by atoms with Crippen molar-refractivity contribution < 1.29 is 4.74 Å². The Morgan fingerprint density at radius 1 is 1.15 bits per heavy atom. The van der Waals surface area contributed by atoms with Crippen molar-refractivity contribution >= 4 is 50.5 Å². The number of thiazole rings is 1. The van der Waals surface area contributed by atoms with Crippen molar-refractivity contribution in [2.45, 2.75) is 0 Å². The van der Waals surface area contributed by atoms with E-state index in [2.05, 4.69) is 26.0 Å². The second-order valence-electron chi connectivity index (χ2n) is 5.71. The van der Waals surface area contributed by atoms with Gasteiger partial charge in [-0.15, -0.1) is 5.10 Å². The van der Waals surface area contributed by atoms with Crippen LogP contribution in [0.1, 0.15) is 17.0 Å². The number of methoxy groups -OCH3 is 1. The van der Waals surface area contributed by atoms with Crippen molar-refractivity contribution in [1.29, 1.82) is 0 Å². The van der Waals surface area contributed by atoms with E-state index in [1.807, 2.05) is 54.6 Å². The molecule has 0 radical (unpaired) electrons. The van der Waals surface area contributed by atoms with Crippen LogP contribution in [0.25, 0.3) is 23.2 Å². The van der Waals surface area contributed by atoms with Crippen LogP contribution in [-0.2, 0) is 0 Å². The molecule has 0 aliphatic rings. The zero-order chi connectivity index (χ0) is 18.8. The zero-order valence-corrected chi connectivity index (χ0v) is 16.7. The summed E-state index contributed by atoms with van der Waals surface area (Å²) in [5, 5.41) is 4.31. The molecular formula is C20H14BrN3O2S. The SMILES string of the molecule is COc1ccc(Br)cc1/C=c1/sc2nc(/C=C/c3ccccc3)nn2c1=O. The maximum absolute atomic E-state index is 12.7. The van der Waals surface area contributed by atoms with Gasteiger partial charge in [-0.05, 0) is 35.9 Å². The van der Waals surface area contributed by atoms with Gasteiger partial charge in [-0.1, -0.05) is 63.7 Å². The van der Waals surface area contributed by atoms with Crippen molar-refractivity contribution in [1.82, 2.24) is 14.6 Å². The maximum atomic E-state index is 12.7. The minimum Gasteiger partial charge on any atom is -0.496 e. The van der Waals surface area contributed by atoms with Gasteiger partial charge in [0.15, 0.2) is 5.82 Å². The fourth-order valence-electron chi connectivity index (χ4n) is 2.61. The van der Waals surface area contributed by atoms with E-state index in [4.69, 9.17) is 4.74 Å². The van der Waals surface area contributed by atoms with E-state index in [1.54, 1.807) is 19.3 Å². The van der Waals surface area contributed by atoms with Gasteiger partial charge in [0.1, 0.15) is 5.75 Å². The van der Waals surface area contributed by atoms with Gasteiger partial charge in [-0.25, -0.2) is 0 Å². The van der Waals surface area contributed by atoms with E-state index >= 15 is 0 Å². The summed E-state index contributed by atoms with van der Waals surface area (Å²) in [6.45, 7) is 0. The van der Waals surface area contributed by atoms with Gasteiger partial charge in [0.05, 0.1) is 11.6 Å². The Labute approximate surface area is 167 Å². The topological polar surface area (TPSA) is 56.5 Å². The summed E-state index contributed by atoms with van der Waals surface area (Å²) >= 11 is 4.75. The fraction of sp³-hybridized carbons (Fsp3) is 0.0500. The van der Waals surface area contributed by atoms with E-state index in [0.29, 0.717) is 21.1 Å². The molecule has 0 aliphatic carbocycles. The van der Waals surface area contributed by atoms with E-state index in [0.717, 1.165) is 15.6 Å². The van der Waals surface area contributed by atoms with Crippen molar-refractivity contribution in [3.63, 3.8) is 0 Å². The molecule has 2 heterocycles. The van der Waals surface area contributed by atoms with E-state index < -0.39 is 0 Å². The number of fused-ring (bicyclic) bond motifs is 1. The molecule has 0 unspecified atom stereocenters. The van der Waals surface area contributed by atoms with Crippen LogP contribution >= 0.6 is 27.3 Å². The van der Waals surface area contributed by atoms with Crippen LogP contribution in [0.5, 0.6) is 5.75 Å². The Hall–Kier alpha value is -2.77. The molecule has 2 aromatic carbocycles. The molecule has 0 saturated heterocycles. The monoisotopic (exact) mass is 439 g/mol. The molecule has 0 atom stereocenters. The van der Waals surface area contributed by atoms with Gasteiger partial charge in [0, 0.05) is 10.0 Å². The standard InChI is InChI=1S/C20H14BrN3O2S/c1-26-16-9-8-15(21)11-14(16)12-17-19(25)24-20(27-17)22-18(23-24)10-7-13-5-3-2-4-6-13/h2-12H,1H3/b10-7+,17-12+. The smallest absolute Gasteiger partial charge is 0.291 e. The summed E-state index contributed by atoms with van der Waals surface area (Å²) in [5.74, 6) is 1.21. The lowest BCUT2D eigenvalue weighted by atomic mass is 10.2. The predicted octanol–water partition coefficient (Wildman–Crippen LogP) is 3.64. The minimum atomic E-state index is -0.191. The maximum Gasteiger partial charge on any atom is 0.291 e. The molecule has 134 valence electrons. The number of halogens is 1. The Morgan fingerprint density at radius 2 is 1.96 bits per heavy atom. The lowest BCUT2D eigenvalue weighted by Gasteiger charge is -2.04. The van der Waals surface area contributed by atoms with Crippen LogP contribution in [0.2, 0.25) is 0 Å². The first-order chi connectivity index (χ1) is 13.1. The predicted molar refractivity (Wildman–Crippen MR) is 112 cm³/mol. The molecule has 0 N–H and O–H groups in total. The lowest BCUT2D eigenvalue weighted by Crippen LogP contribution is -2.23. The van der Waals surface area contributed by atoms with Crippen LogP contribution < -0.4 is 14.8 Å². The highest BCUT2D eigenvalue weighted by molar-refractivity contribution is 9.10. The second kappa shape index (κ2) is 7.46. The number of nitrogens with zero attached hydrogens (tertiary/aromatic N) is 3. The quantitative estimate of drug-likeness (QED) is 0.486. The zero-order valence-electron chi connectivity index (χ0n) is 14.3. The van der Waals surface area contributed by atoms with Crippen LogP contribution in [0, 0.1) is 0 Å². The largest absolute Gasteiger partial charge is 0.496 e. The normalized spacial score (nSPS) is 12.3. The molecule has 0 aliphatic heterocycles. The molecule has 0 spiro atoms. The molecule has 4 aromatic rings. The number of hydrogen-bond donors (Lipinski definition) is 0. The van der Waals surface area contributed by atoms with Crippen LogP contribution in [0.4, 0.5) is 0 Å². The van der Waals surface area contributed by atoms with Gasteiger partial charge >= 0.3 is 0 Å². The molecule has 2 aromatic heterocycles. The van der Waals surface area contributed by atoms with Gasteiger partial charge in [0.2, 0.25) is 4.96 Å². The van der Waals surface area contributed by atoms with Crippen LogP contribution in [0.15, 0.2) is 57.8 Å². The summed E-state index contributed by atoms with van der Waals surface area (Å²) in [6, 6.07) is 15.5. The summed E-state index contributed by atoms with van der Waals surface area (Å²) in [5.41, 5.74) is 1.68. The third-order valence-electron chi connectivity index (χ3n) is 3.90. The molecule has 0 fully saturated rings. The lowest BCUT2D eigenvalue weighted by molar-refractivity contribution is 0.414. The molecule has 27 heavy (non-hydrogen) atoms. The van der Waals surface area contributed by atoms with Crippen molar-refractivity contribution in [3.05, 3.63) is 84.8 Å². The summed E-state index contributed by atoms with van der Waals surface area (Å²) < 4.78 is 8.17. The first-order valence-electron chi connectivity index (χ1n) is 8.12. The molecule has 4 rings (SSSR count). The fourth-order valence-corrected chi connectivity index (χ4v) is 3.90. The van der Waals surface area contributed by atoms with Crippen LogP contribution in [0.3, 0.4) is 0 Å². The first kappa shape index (κ1) is 17.6. The molecule has 0 bridgehead atoms. The highest BCUT2D eigenvalue weighted by Crippen LogP contribution is 2.23. The highest BCUT2D eigenvalue weighted by Gasteiger charge is 2.10. The van der Waals surface area contributed by atoms with Gasteiger partial charge < -0.3 is 4.74 Å². The third-order valence-corrected chi connectivity index (χ3v) is 5.35. The van der Waals surface area contributed by atoms with E-state index in [9.17, 15) is 4.79 Å². The number of aromatic nitrogens is 3. The molecule has 5 nitrogen and oxygen atoms in total. The Bertz CT molecular complexity index is 1250. The number of rotatable bonds is 4. The van der Waals surface area contributed by atoms with Crippen molar-refractivity contribution in [2.75, 3.05) is 7.11 Å². The average Bonchev–Trinajstić information content (AvgIpc) is 3.20. The Morgan fingerprint density at radius 3 is 2.70 bits per heavy atom. The van der Waals surface area contributed by atoms with Crippen molar-refractivity contribution in [2.24, 2.45) is 0 Å². The molecule has 0 amide bonds. The molecular weight excluding hydrogens is 426 g/mol. The van der Waals surface area contributed by atoms with Crippen molar-refractivity contribution in [3.8, 4) is 5.75 Å². The third kappa shape index (κ3) is 3.70. The molecule has 0 saturated carbocycles. The van der Waals surface area contributed by atoms with Gasteiger partial charge in [-0.3, -0.25) is 4.79 Å². The highest BCUT2D eigenvalue weighted by atomic mass is 79.9. The Balaban J connectivity index is 1.72. The van der Waals surface area contributed by atoms with Gasteiger partial charge in [0.25, 0.3) is 5.56 Å². The number of hydrogen-bond acceptors (Lipinski definition) is 5. The second-order valence-corrected chi connectivity index (χ2v) is 7.64. The summed E-state index contributed by atoms with van der Waals surface area (Å²) in [6.07, 6.45) is 5.52. The van der Waals surface area contributed by atoms with Crippen LogP contribution in [-0.4, -0.2) is 21.7 Å². The number of ether oxygens (including phenoxy) is 1. The number of benzene rings is 2. The Kier molecular flexibility index (Phi) is 4.87. The first-order valence-corrected chi connectivity index (χ1v) is 9.73. The average molecular weight is 440 g/mol. The summed E-state index contributed by atoms with van der Waals surface area (Å²) in [4.78, 5) is 17.7. The molecule has 7 heteroatoms. The van der Waals surface area contributed by atoms with E-state index in [-0.39, 0.29) is 5.56 Å². The minimum absolute atomic E-state index is 0.191.